The largest absolute Gasteiger partial charge is 0.492 e. The Bertz CT molecular complexity index is 589. The van der Waals surface area contributed by atoms with Gasteiger partial charge in [-0.1, -0.05) is 24.3 Å². The second kappa shape index (κ2) is 8.09. The number of hydrogen-bond acceptors (Lipinski definition) is 4. The average Bonchev–Trinajstić information content (AvgIpc) is 2.59. The third-order valence-corrected chi connectivity index (χ3v) is 4.18. The summed E-state index contributed by atoms with van der Waals surface area (Å²) in [7, 11) is 0. The Hall–Kier alpha value is -1.91. The fourth-order valence-electron chi connectivity index (χ4n) is 2.77. The quantitative estimate of drug-likeness (QED) is 0.889. The van der Waals surface area contributed by atoms with E-state index in [1.54, 1.807) is 6.20 Å². The minimum absolute atomic E-state index is 0.682. The first-order valence-corrected chi connectivity index (χ1v) is 8.36. The van der Waals surface area contributed by atoms with Gasteiger partial charge in [0.25, 0.3) is 0 Å². The minimum atomic E-state index is 0.682. The van der Waals surface area contributed by atoms with Crippen LogP contribution in [0.1, 0.15) is 16.8 Å². The number of piperazine rings is 1. The summed E-state index contributed by atoms with van der Waals surface area (Å²) < 4.78 is 5.74. The highest BCUT2D eigenvalue weighted by molar-refractivity contribution is 5.23. The normalized spacial score (nSPS) is 15.5. The molecule has 1 N–H and O–H groups in total. The number of benzene rings is 1. The van der Waals surface area contributed by atoms with Crippen LogP contribution in [0.25, 0.3) is 0 Å². The van der Waals surface area contributed by atoms with E-state index >= 15 is 0 Å². The summed E-state index contributed by atoms with van der Waals surface area (Å²) >= 11 is 0. The fourth-order valence-corrected chi connectivity index (χ4v) is 2.77. The first-order valence-electron chi connectivity index (χ1n) is 8.36. The van der Waals surface area contributed by atoms with Crippen molar-refractivity contribution in [1.29, 1.82) is 0 Å². The number of pyridine rings is 1. The molecule has 0 spiro atoms. The van der Waals surface area contributed by atoms with Crippen molar-refractivity contribution in [2.24, 2.45) is 0 Å². The molecule has 4 nitrogen and oxygen atoms in total. The summed E-state index contributed by atoms with van der Waals surface area (Å²) in [5, 5.41) is 3.39. The molecule has 0 amide bonds. The zero-order chi connectivity index (χ0) is 15.9. The first kappa shape index (κ1) is 16.0. The van der Waals surface area contributed by atoms with Crippen molar-refractivity contribution in [2.45, 2.75) is 19.9 Å². The molecule has 0 saturated carbocycles. The van der Waals surface area contributed by atoms with Crippen LogP contribution >= 0.6 is 0 Å². The summed E-state index contributed by atoms with van der Waals surface area (Å²) in [6.07, 6.45) is 2.70. The van der Waals surface area contributed by atoms with Crippen LogP contribution in [0.2, 0.25) is 0 Å². The topological polar surface area (TPSA) is 37.4 Å². The van der Waals surface area contributed by atoms with Crippen molar-refractivity contribution in [1.82, 2.24) is 15.2 Å². The van der Waals surface area contributed by atoms with Gasteiger partial charge in [0, 0.05) is 44.8 Å². The van der Waals surface area contributed by atoms with Gasteiger partial charge in [-0.3, -0.25) is 9.88 Å². The Morgan fingerprint density at radius 1 is 1.04 bits per heavy atom. The molecular weight excluding hydrogens is 286 g/mol. The van der Waals surface area contributed by atoms with E-state index in [1.165, 1.54) is 11.1 Å². The molecule has 1 fully saturated rings. The van der Waals surface area contributed by atoms with Crippen molar-refractivity contribution < 1.29 is 4.74 Å². The van der Waals surface area contributed by atoms with Crippen LogP contribution in [0.5, 0.6) is 5.75 Å². The van der Waals surface area contributed by atoms with Gasteiger partial charge in [-0.15, -0.1) is 0 Å². The number of ether oxygens (including phenoxy) is 1. The molecular formula is C19H25N3O. The van der Waals surface area contributed by atoms with E-state index in [0.29, 0.717) is 6.61 Å². The van der Waals surface area contributed by atoms with Crippen molar-refractivity contribution in [2.75, 3.05) is 32.8 Å². The van der Waals surface area contributed by atoms with E-state index in [2.05, 4.69) is 39.5 Å². The van der Waals surface area contributed by atoms with Gasteiger partial charge in [0.15, 0.2) is 0 Å². The highest BCUT2D eigenvalue weighted by atomic mass is 16.5. The second-order valence-corrected chi connectivity index (χ2v) is 6.08. The second-order valence-electron chi connectivity index (χ2n) is 6.08. The van der Waals surface area contributed by atoms with Gasteiger partial charge < -0.3 is 10.1 Å². The van der Waals surface area contributed by atoms with Crippen molar-refractivity contribution in [3.63, 3.8) is 0 Å². The lowest BCUT2D eigenvalue weighted by atomic mass is 10.1. The standard InChI is InChI=1S/C19H25N3O/c1-16-2-7-19(14-21-16)23-13-8-17-3-5-18(6-4-17)15-22-11-9-20-10-12-22/h2-7,14,20H,8-13,15H2,1H3. The Morgan fingerprint density at radius 2 is 1.78 bits per heavy atom. The summed E-state index contributed by atoms with van der Waals surface area (Å²) in [5.41, 5.74) is 3.71. The molecule has 0 aliphatic carbocycles. The van der Waals surface area contributed by atoms with Gasteiger partial charge in [0.05, 0.1) is 12.8 Å². The van der Waals surface area contributed by atoms with Gasteiger partial charge in [0.1, 0.15) is 5.75 Å². The molecule has 1 aliphatic rings. The van der Waals surface area contributed by atoms with Crippen molar-refractivity contribution in [3.8, 4) is 5.75 Å². The van der Waals surface area contributed by atoms with E-state index in [4.69, 9.17) is 4.74 Å². The van der Waals surface area contributed by atoms with E-state index in [9.17, 15) is 0 Å². The van der Waals surface area contributed by atoms with Gasteiger partial charge in [-0.25, -0.2) is 0 Å². The third-order valence-electron chi connectivity index (χ3n) is 4.18. The maximum absolute atomic E-state index is 5.74. The molecule has 0 radical (unpaired) electrons. The molecule has 1 aromatic heterocycles. The SMILES string of the molecule is Cc1ccc(OCCc2ccc(CN3CCNCC3)cc2)cn1. The van der Waals surface area contributed by atoms with Gasteiger partial charge in [-0.2, -0.15) is 0 Å². The van der Waals surface area contributed by atoms with Gasteiger partial charge in [0.2, 0.25) is 0 Å². The fraction of sp³-hybridized carbons (Fsp3) is 0.421. The molecule has 0 bridgehead atoms. The Balaban J connectivity index is 1.44. The smallest absolute Gasteiger partial charge is 0.137 e. The molecule has 2 aromatic rings. The van der Waals surface area contributed by atoms with Gasteiger partial charge in [-0.05, 0) is 30.2 Å². The zero-order valence-corrected chi connectivity index (χ0v) is 13.8. The first-order chi connectivity index (χ1) is 11.3. The number of aromatic nitrogens is 1. The summed E-state index contributed by atoms with van der Waals surface area (Å²) in [6, 6.07) is 12.9. The highest BCUT2D eigenvalue weighted by Crippen LogP contribution is 2.11. The molecule has 0 unspecified atom stereocenters. The van der Waals surface area contributed by atoms with E-state index in [0.717, 1.165) is 50.6 Å². The molecule has 4 heteroatoms. The predicted molar refractivity (Wildman–Crippen MR) is 92.8 cm³/mol. The number of rotatable bonds is 6. The Kier molecular flexibility index (Phi) is 5.61. The summed E-state index contributed by atoms with van der Waals surface area (Å²) in [5.74, 6) is 0.839. The van der Waals surface area contributed by atoms with Crippen LogP contribution in [0, 0.1) is 6.92 Å². The Labute approximate surface area is 138 Å². The molecule has 23 heavy (non-hydrogen) atoms. The molecule has 122 valence electrons. The van der Waals surface area contributed by atoms with Crippen molar-refractivity contribution in [3.05, 3.63) is 59.4 Å². The molecule has 3 rings (SSSR count). The van der Waals surface area contributed by atoms with Crippen LogP contribution in [-0.2, 0) is 13.0 Å². The van der Waals surface area contributed by atoms with Crippen LogP contribution in [0.4, 0.5) is 0 Å². The van der Waals surface area contributed by atoms with Gasteiger partial charge >= 0.3 is 0 Å². The van der Waals surface area contributed by atoms with Crippen molar-refractivity contribution >= 4 is 0 Å². The monoisotopic (exact) mass is 311 g/mol. The molecule has 2 heterocycles. The predicted octanol–water partition coefficient (Wildman–Crippen LogP) is 2.42. The lowest BCUT2D eigenvalue weighted by molar-refractivity contribution is 0.233. The summed E-state index contributed by atoms with van der Waals surface area (Å²) in [4.78, 5) is 6.74. The number of aryl methyl sites for hydroxylation is 1. The highest BCUT2D eigenvalue weighted by Gasteiger charge is 2.09. The maximum atomic E-state index is 5.74. The maximum Gasteiger partial charge on any atom is 0.137 e. The lowest BCUT2D eigenvalue weighted by Crippen LogP contribution is -2.42. The van der Waals surface area contributed by atoms with Crippen LogP contribution in [0.15, 0.2) is 42.6 Å². The van der Waals surface area contributed by atoms with Crippen LogP contribution < -0.4 is 10.1 Å². The zero-order valence-electron chi connectivity index (χ0n) is 13.8. The molecule has 1 aliphatic heterocycles. The molecule has 1 aromatic carbocycles. The average molecular weight is 311 g/mol. The molecule has 0 atom stereocenters. The van der Waals surface area contributed by atoms with Crippen LogP contribution in [0.3, 0.4) is 0 Å². The Morgan fingerprint density at radius 3 is 2.48 bits per heavy atom. The van der Waals surface area contributed by atoms with E-state index in [1.807, 2.05) is 19.1 Å². The third kappa shape index (κ3) is 5.05. The number of nitrogens with zero attached hydrogens (tertiary/aromatic N) is 2. The number of nitrogens with one attached hydrogen (secondary N) is 1. The lowest BCUT2D eigenvalue weighted by Gasteiger charge is -2.27. The van der Waals surface area contributed by atoms with E-state index in [-0.39, 0.29) is 0 Å². The van der Waals surface area contributed by atoms with E-state index < -0.39 is 0 Å². The summed E-state index contributed by atoms with van der Waals surface area (Å²) in [6.45, 7) is 8.19. The molecule has 1 saturated heterocycles. The number of hydrogen-bond donors (Lipinski definition) is 1. The minimum Gasteiger partial charge on any atom is -0.492 e. The van der Waals surface area contributed by atoms with Crippen LogP contribution in [-0.4, -0.2) is 42.7 Å².